The van der Waals surface area contributed by atoms with Gasteiger partial charge in [0.25, 0.3) is 0 Å². The molecule has 0 bridgehead atoms. The molecule has 0 aromatic carbocycles. The van der Waals surface area contributed by atoms with Gasteiger partial charge in [-0.1, -0.05) is 13.3 Å². The Morgan fingerprint density at radius 3 is 2.81 bits per heavy atom. The molecule has 1 aliphatic heterocycles. The van der Waals surface area contributed by atoms with E-state index in [2.05, 4.69) is 24.2 Å². The van der Waals surface area contributed by atoms with E-state index in [4.69, 9.17) is 0 Å². The maximum absolute atomic E-state index is 9.72. The van der Waals surface area contributed by atoms with Gasteiger partial charge in [0.1, 0.15) is 0 Å². The van der Waals surface area contributed by atoms with Gasteiger partial charge in [0, 0.05) is 25.7 Å². The lowest BCUT2D eigenvalue weighted by atomic mass is 9.94. The van der Waals surface area contributed by atoms with E-state index in [9.17, 15) is 5.11 Å². The Hall–Kier alpha value is -0.120. The SMILES string of the molecule is CNC1CCCC1CN1CCC(O)C(C)C1. The smallest absolute Gasteiger partial charge is 0.0590 e. The summed E-state index contributed by atoms with van der Waals surface area (Å²) in [5.41, 5.74) is 0. The molecule has 3 heteroatoms. The summed E-state index contributed by atoms with van der Waals surface area (Å²) < 4.78 is 0. The number of likely N-dealkylation sites (tertiary alicyclic amines) is 1. The van der Waals surface area contributed by atoms with Crippen molar-refractivity contribution in [2.75, 3.05) is 26.7 Å². The first-order valence-electron chi connectivity index (χ1n) is 6.78. The normalized spacial score (nSPS) is 41.4. The van der Waals surface area contributed by atoms with Crippen LogP contribution in [-0.2, 0) is 0 Å². The Morgan fingerprint density at radius 2 is 2.12 bits per heavy atom. The number of hydrogen-bond acceptors (Lipinski definition) is 3. The molecule has 2 N–H and O–H groups in total. The number of hydrogen-bond donors (Lipinski definition) is 2. The summed E-state index contributed by atoms with van der Waals surface area (Å²) in [4.78, 5) is 2.55. The molecule has 1 aliphatic carbocycles. The van der Waals surface area contributed by atoms with Crippen LogP contribution in [0.3, 0.4) is 0 Å². The van der Waals surface area contributed by atoms with Crippen molar-refractivity contribution in [3.63, 3.8) is 0 Å². The zero-order chi connectivity index (χ0) is 11.5. The van der Waals surface area contributed by atoms with E-state index in [-0.39, 0.29) is 6.10 Å². The monoisotopic (exact) mass is 226 g/mol. The van der Waals surface area contributed by atoms with Gasteiger partial charge >= 0.3 is 0 Å². The molecule has 2 fully saturated rings. The quantitative estimate of drug-likeness (QED) is 0.756. The molecule has 0 spiro atoms. The van der Waals surface area contributed by atoms with Crippen molar-refractivity contribution in [2.45, 2.75) is 44.8 Å². The van der Waals surface area contributed by atoms with E-state index in [0.717, 1.165) is 31.5 Å². The van der Waals surface area contributed by atoms with Crippen molar-refractivity contribution >= 4 is 0 Å². The molecule has 0 aromatic heterocycles. The zero-order valence-corrected chi connectivity index (χ0v) is 10.7. The van der Waals surface area contributed by atoms with Crippen molar-refractivity contribution in [1.29, 1.82) is 0 Å². The fourth-order valence-corrected chi connectivity index (χ4v) is 3.35. The van der Waals surface area contributed by atoms with E-state index in [0.29, 0.717) is 5.92 Å². The average Bonchev–Trinajstić information content (AvgIpc) is 2.71. The van der Waals surface area contributed by atoms with E-state index in [1.807, 2.05) is 0 Å². The Kier molecular flexibility index (Phi) is 4.22. The van der Waals surface area contributed by atoms with Crippen LogP contribution >= 0.6 is 0 Å². The third-order valence-corrected chi connectivity index (χ3v) is 4.47. The minimum Gasteiger partial charge on any atom is -0.393 e. The van der Waals surface area contributed by atoms with Crippen LogP contribution in [0.25, 0.3) is 0 Å². The van der Waals surface area contributed by atoms with E-state index < -0.39 is 0 Å². The second-order valence-electron chi connectivity index (χ2n) is 5.68. The van der Waals surface area contributed by atoms with Crippen LogP contribution in [0.2, 0.25) is 0 Å². The largest absolute Gasteiger partial charge is 0.393 e. The first-order valence-corrected chi connectivity index (χ1v) is 6.78. The number of aliphatic hydroxyl groups is 1. The summed E-state index contributed by atoms with van der Waals surface area (Å²) in [6, 6.07) is 0.724. The molecule has 3 nitrogen and oxygen atoms in total. The molecule has 2 aliphatic rings. The average molecular weight is 226 g/mol. The highest BCUT2D eigenvalue weighted by atomic mass is 16.3. The van der Waals surface area contributed by atoms with E-state index in [1.165, 1.54) is 25.8 Å². The van der Waals surface area contributed by atoms with Crippen LogP contribution in [0.15, 0.2) is 0 Å². The highest BCUT2D eigenvalue weighted by Gasteiger charge is 2.30. The summed E-state index contributed by atoms with van der Waals surface area (Å²) in [5, 5.41) is 13.2. The minimum atomic E-state index is -0.0695. The molecule has 4 atom stereocenters. The fourth-order valence-electron chi connectivity index (χ4n) is 3.35. The summed E-state index contributed by atoms with van der Waals surface area (Å²) in [7, 11) is 2.09. The Morgan fingerprint density at radius 1 is 1.31 bits per heavy atom. The molecule has 4 unspecified atom stereocenters. The molecule has 2 rings (SSSR count). The van der Waals surface area contributed by atoms with Crippen LogP contribution < -0.4 is 5.32 Å². The van der Waals surface area contributed by atoms with Crippen LogP contribution in [0.1, 0.15) is 32.6 Å². The first kappa shape index (κ1) is 12.3. The maximum Gasteiger partial charge on any atom is 0.0590 e. The van der Waals surface area contributed by atoms with Gasteiger partial charge in [-0.15, -0.1) is 0 Å². The Labute approximate surface area is 99.2 Å². The highest BCUT2D eigenvalue weighted by Crippen LogP contribution is 2.27. The van der Waals surface area contributed by atoms with Crippen LogP contribution in [0.4, 0.5) is 0 Å². The third-order valence-electron chi connectivity index (χ3n) is 4.47. The van der Waals surface area contributed by atoms with Gasteiger partial charge in [0.15, 0.2) is 0 Å². The molecule has 0 aromatic rings. The predicted molar refractivity (Wildman–Crippen MR) is 66.4 cm³/mol. The van der Waals surface area contributed by atoms with Gasteiger partial charge in [0.05, 0.1) is 6.10 Å². The van der Waals surface area contributed by atoms with E-state index in [1.54, 1.807) is 0 Å². The second kappa shape index (κ2) is 5.48. The van der Waals surface area contributed by atoms with Crippen molar-refractivity contribution < 1.29 is 5.11 Å². The first-order chi connectivity index (χ1) is 7.70. The lowest BCUT2D eigenvalue weighted by Crippen LogP contribution is -2.46. The summed E-state index contributed by atoms with van der Waals surface area (Å²) >= 11 is 0. The molecular weight excluding hydrogens is 200 g/mol. The highest BCUT2D eigenvalue weighted by molar-refractivity contribution is 4.86. The van der Waals surface area contributed by atoms with Gasteiger partial charge in [0.2, 0.25) is 0 Å². The van der Waals surface area contributed by atoms with Crippen LogP contribution in [0, 0.1) is 11.8 Å². The molecule has 1 saturated heterocycles. The molecule has 16 heavy (non-hydrogen) atoms. The number of piperidine rings is 1. The van der Waals surface area contributed by atoms with Gasteiger partial charge < -0.3 is 15.3 Å². The van der Waals surface area contributed by atoms with Crippen LogP contribution in [0.5, 0.6) is 0 Å². The standard InChI is InChI=1S/C13H26N2O/c1-10-8-15(7-6-13(10)16)9-11-4-3-5-12(11)14-2/h10-14,16H,3-9H2,1-2H3. The summed E-state index contributed by atoms with van der Waals surface area (Å²) in [6.07, 6.45) is 4.98. The summed E-state index contributed by atoms with van der Waals surface area (Å²) in [5.74, 6) is 1.27. The molecule has 1 saturated carbocycles. The van der Waals surface area contributed by atoms with Gasteiger partial charge in [-0.3, -0.25) is 0 Å². The Balaban J connectivity index is 1.81. The molecule has 1 heterocycles. The topological polar surface area (TPSA) is 35.5 Å². The van der Waals surface area contributed by atoms with Crippen molar-refractivity contribution in [3.05, 3.63) is 0 Å². The van der Waals surface area contributed by atoms with Gasteiger partial charge in [-0.2, -0.15) is 0 Å². The number of nitrogens with zero attached hydrogens (tertiary/aromatic N) is 1. The fraction of sp³-hybridized carbons (Fsp3) is 1.00. The van der Waals surface area contributed by atoms with Crippen molar-refractivity contribution in [3.8, 4) is 0 Å². The lowest BCUT2D eigenvalue weighted by molar-refractivity contribution is 0.0280. The van der Waals surface area contributed by atoms with E-state index >= 15 is 0 Å². The molecule has 0 amide bonds. The van der Waals surface area contributed by atoms with Gasteiger partial charge in [-0.05, 0) is 38.1 Å². The number of aliphatic hydroxyl groups excluding tert-OH is 1. The van der Waals surface area contributed by atoms with Crippen LogP contribution in [-0.4, -0.2) is 48.8 Å². The zero-order valence-electron chi connectivity index (χ0n) is 10.7. The van der Waals surface area contributed by atoms with Gasteiger partial charge in [-0.25, -0.2) is 0 Å². The maximum atomic E-state index is 9.72. The molecule has 0 radical (unpaired) electrons. The molecular formula is C13H26N2O. The second-order valence-corrected chi connectivity index (χ2v) is 5.68. The molecule has 94 valence electrons. The Bertz CT molecular complexity index is 222. The number of rotatable bonds is 3. The predicted octanol–water partition coefficient (Wildman–Crippen LogP) is 1.08. The number of nitrogens with one attached hydrogen (secondary N) is 1. The lowest BCUT2D eigenvalue weighted by Gasteiger charge is -2.36. The summed E-state index contributed by atoms with van der Waals surface area (Å²) in [6.45, 7) is 5.55. The van der Waals surface area contributed by atoms with Crippen molar-refractivity contribution in [2.24, 2.45) is 11.8 Å². The third kappa shape index (κ3) is 2.76. The van der Waals surface area contributed by atoms with Crippen molar-refractivity contribution in [1.82, 2.24) is 10.2 Å². The minimum absolute atomic E-state index is 0.0695.